The zero-order chi connectivity index (χ0) is 21.5. The molecule has 0 fully saturated rings. The number of nitrogens with zero attached hydrogens (tertiary/aromatic N) is 4. The number of hydrogen-bond acceptors (Lipinski definition) is 5. The van der Waals surface area contributed by atoms with Crippen LogP contribution in [0.5, 0.6) is 0 Å². The second kappa shape index (κ2) is 6.98. The Hall–Kier alpha value is -4.68. The number of Topliss-reactive ketones (excluding diaryl/α,β-unsaturated/α-hetero) is 1. The highest BCUT2D eigenvalue weighted by molar-refractivity contribution is 6.29. The van der Waals surface area contributed by atoms with Gasteiger partial charge in [0.25, 0.3) is 0 Å². The van der Waals surface area contributed by atoms with E-state index in [4.69, 9.17) is 4.42 Å². The minimum absolute atomic E-state index is 0.106. The van der Waals surface area contributed by atoms with Crippen molar-refractivity contribution in [2.45, 2.75) is 0 Å². The lowest BCUT2D eigenvalue weighted by molar-refractivity contribution is 0.104. The van der Waals surface area contributed by atoms with Crippen LogP contribution in [0.2, 0.25) is 0 Å². The molecule has 6 nitrogen and oxygen atoms in total. The van der Waals surface area contributed by atoms with Gasteiger partial charge < -0.3 is 8.98 Å². The molecule has 0 bridgehead atoms. The van der Waals surface area contributed by atoms with Gasteiger partial charge in [-0.05, 0) is 11.6 Å². The summed E-state index contributed by atoms with van der Waals surface area (Å²) in [6.07, 6.45) is 1.58. The first-order valence-electron chi connectivity index (χ1n) is 9.54. The number of furan rings is 1. The molecular weight excluding hydrogens is 388 g/mol. The number of aromatic nitrogens is 2. The van der Waals surface area contributed by atoms with Gasteiger partial charge >= 0.3 is 0 Å². The molecule has 0 aliphatic heterocycles. The zero-order valence-electron chi connectivity index (χ0n) is 16.5. The Kier molecular flexibility index (Phi) is 4.13. The molecule has 31 heavy (non-hydrogen) atoms. The van der Waals surface area contributed by atoms with Crippen LogP contribution in [0.4, 0.5) is 0 Å². The predicted octanol–water partition coefficient (Wildman–Crippen LogP) is 4.91. The average Bonchev–Trinajstić information content (AvgIpc) is 3.43. The maximum absolute atomic E-state index is 13.0. The summed E-state index contributed by atoms with van der Waals surface area (Å²) in [5.74, 6) is 0.957. The maximum atomic E-state index is 13.0. The fourth-order valence-electron chi connectivity index (χ4n) is 3.90. The van der Waals surface area contributed by atoms with Crippen LogP contribution in [-0.4, -0.2) is 15.3 Å². The highest BCUT2D eigenvalue weighted by Gasteiger charge is 2.32. The van der Waals surface area contributed by atoms with Crippen LogP contribution in [0.3, 0.4) is 0 Å². The van der Waals surface area contributed by atoms with E-state index in [-0.39, 0.29) is 16.9 Å². The van der Waals surface area contributed by atoms with E-state index in [0.29, 0.717) is 28.2 Å². The summed E-state index contributed by atoms with van der Waals surface area (Å²) in [7, 11) is 1.90. The molecule has 0 saturated heterocycles. The van der Waals surface area contributed by atoms with Gasteiger partial charge in [-0.3, -0.25) is 4.79 Å². The third-order valence-electron chi connectivity index (χ3n) is 5.35. The van der Waals surface area contributed by atoms with Crippen molar-refractivity contribution in [3.63, 3.8) is 0 Å². The Labute approximate surface area is 177 Å². The third kappa shape index (κ3) is 2.78. The van der Waals surface area contributed by atoms with Crippen molar-refractivity contribution < 1.29 is 9.21 Å². The molecule has 0 radical (unpaired) electrons. The van der Waals surface area contributed by atoms with Crippen LogP contribution in [0.15, 0.2) is 76.2 Å². The van der Waals surface area contributed by atoms with E-state index in [9.17, 15) is 15.3 Å². The summed E-state index contributed by atoms with van der Waals surface area (Å²) in [4.78, 5) is 17.6. The molecule has 0 amide bonds. The van der Waals surface area contributed by atoms with Gasteiger partial charge in [-0.15, -0.1) is 0 Å². The summed E-state index contributed by atoms with van der Waals surface area (Å²) < 4.78 is 7.83. The number of carbonyl (C=O) groups is 1. The normalized spacial score (nSPS) is 14.0. The average molecular weight is 402 g/mol. The largest absolute Gasteiger partial charge is 0.437 e. The topological polar surface area (TPSA) is 95.6 Å². The van der Waals surface area contributed by atoms with Gasteiger partial charge in [0.2, 0.25) is 5.71 Å². The molecule has 0 atom stereocenters. The number of fused-ring (bicyclic) bond motifs is 2. The van der Waals surface area contributed by atoms with E-state index >= 15 is 0 Å². The zero-order valence-corrected chi connectivity index (χ0v) is 16.5. The lowest BCUT2D eigenvalue weighted by Gasteiger charge is -2.02. The number of rotatable bonds is 2. The van der Waals surface area contributed by atoms with Crippen LogP contribution in [0.25, 0.3) is 34.3 Å². The molecule has 146 valence electrons. The monoisotopic (exact) mass is 402 g/mol. The van der Waals surface area contributed by atoms with Gasteiger partial charge in [-0.2, -0.15) is 15.5 Å². The molecule has 2 aromatic carbocycles. The van der Waals surface area contributed by atoms with Gasteiger partial charge in [0.05, 0.1) is 0 Å². The SMILES string of the molecule is Cn1c(-c2ccccc2)nc2oc(/C=C3\C(=O)c4ccccc4C3=C(C#N)C#N)cc21. The van der Waals surface area contributed by atoms with Gasteiger partial charge in [-0.25, -0.2) is 0 Å². The first-order valence-corrected chi connectivity index (χ1v) is 9.54. The molecule has 0 spiro atoms. The molecule has 6 heteroatoms. The highest BCUT2D eigenvalue weighted by Crippen LogP contribution is 2.40. The van der Waals surface area contributed by atoms with E-state index in [1.54, 1.807) is 36.4 Å². The maximum Gasteiger partial charge on any atom is 0.245 e. The van der Waals surface area contributed by atoms with Gasteiger partial charge in [0.15, 0.2) is 5.78 Å². The minimum atomic E-state index is -0.244. The fourth-order valence-corrected chi connectivity index (χ4v) is 3.90. The first kappa shape index (κ1) is 18.4. The smallest absolute Gasteiger partial charge is 0.245 e. The van der Waals surface area contributed by atoms with Crippen molar-refractivity contribution in [3.05, 3.63) is 88.7 Å². The van der Waals surface area contributed by atoms with Crippen molar-refractivity contribution in [3.8, 4) is 23.5 Å². The molecule has 1 aliphatic carbocycles. The van der Waals surface area contributed by atoms with Crippen LogP contribution in [0, 0.1) is 22.7 Å². The lowest BCUT2D eigenvalue weighted by atomic mass is 9.99. The van der Waals surface area contributed by atoms with Crippen molar-refractivity contribution in [2.24, 2.45) is 7.05 Å². The van der Waals surface area contributed by atoms with Crippen molar-refractivity contribution >= 4 is 28.7 Å². The summed E-state index contributed by atoms with van der Waals surface area (Å²) >= 11 is 0. The van der Waals surface area contributed by atoms with Gasteiger partial charge in [0.1, 0.15) is 34.8 Å². The van der Waals surface area contributed by atoms with Crippen molar-refractivity contribution in [1.29, 1.82) is 10.5 Å². The summed E-state index contributed by atoms with van der Waals surface area (Å²) in [5.41, 5.74) is 3.73. The Balaban J connectivity index is 1.65. The van der Waals surface area contributed by atoms with Crippen LogP contribution in [0.1, 0.15) is 21.7 Å². The predicted molar refractivity (Wildman–Crippen MR) is 115 cm³/mol. The third-order valence-corrected chi connectivity index (χ3v) is 5.35. The molecule has 0 saturated carbocycles. The minimum Gasteiger partial charge on any atom is -0.437 e. The molecule has 0 unspecified atom stereocenters. The number of nitriles is 2. The Morgan fingerprint density at radius 2 is 1.71 bits per heavy atom. The van der Waals surface area contributed by atoms with Crippen LogP contribution >= 0.6 is 0 Å². The summed E-state index contributed by atoms with van der Waals surface area (Å²) in [5, 5.41) is 18.9. The lowest BCUT2D eigenvalue weighted by Crippen LogP contribution is -1.95. The van der Waals surface area contributed by atoms with E-state index in [1.807, 2.05) is 54.1 Å². The van der Waals surface area contributed by atoms with Crippen molar-refractivity contribution in [2.75, 3.05) is 0 Å². The Bertz CT molecular complexity index is 1500. The second-order valence-electron chi connectivity index (χ2n) is 7.11. The fraction of sp³-hybridized carbons (Fsp3) is 0.0400. The van der Waals surface area contributed by atoms with E-state index in [1.165, 1.54) is 0 Å². The molecule has 5 rings (SSSR count). The van der Waals surface area contributed by atoms with E-state index in [0.717, 1.165) is 16.9 Å². The summed E-state index contributed by atoms with van der Waals surface area (Å²) in [6.45, 7) is 0. The van der Waals surface area contributed by atoms with Gasteiger partial charge in [0, 0.05) is 35.4 Å². The molecule has 2 heterocycles. The standard InChI is InChI=1S/C25H14N4O2/c1-29-21-12-17(31-25(21)28-24(29)15-7-3-2-4-8-15)11-20-22(16(13-26)14-27)18-9-5-6-10-19(18)23(20)30/h2-12H,1H3/b20-11-. The highest BCUT2D eigenvalue weighted by atomic mass is 16.3. The molecule has 1 aliphatic rings. The number of benzene rings is 2. The number of hydrogen-bond donors (Lipinski definition) is 0. The number of imidazole rings is 1. The second-order valence-corrected chi connectivity index (χ2v) is 7.11. The van der Waals surface area contributed by atoms with E-state index in [2.05, 4.69) is 4.98 Å². The molecular formula is C25H14N4O2. The summed E-state index contributed by atoms with van der Waals surface area (Å²) in [6, 6.07) is 22.4. The number of aryl methyl sites for hydroxylation is 1. The number of allylic oxidation sites excluding steroid dienone is 3. The Morgan fingerprint density at radius 1 is 1.03 bits per heavy atom. The number of ketones is 1. The van der Waals surface area contributed by atoms with E-state index < -0.39 is 0 Å². The molecule has 2 aromatic heterocycles. The van der Waals surface area contributed by atoms with Crippen LogP contribution in [-0.2, 0) is 7.05 Å². The van der Waals surface area contributed by atoms with Gasteiger partial charge in [-0.1, -0.05) is 54.6 Å². The quantitative estimate of drug-likeness (QED) is 0.350. The first-order chi connectivity index (χ1) is 15.1. The number of carbonyl (C=O) groups excluding carboxylic acids is 1. The van der Waals surface area contributed by atoms with Crippen LogP contribution < -0.4 is 0 Å². The Morgan fingerprint density at radius 3 is 2.39 bits per heavy atom. The van der Waals surface area contributed by atoms with Crippen molar-refractivity contribution in [1.82, 2.24) is 9.55 Å². The molecule has 0 N–H and O–H groups in total. The molecule has 4 aromatic rings.